The molecule has 0 aliphatic carbocycles. The standard InChI is InChI=1S/C5H10N2O2S/c1-4(10-3)6-7(2)5(8)9/h1-3H3,(H,8,9). The van der Waals surface area contributed by atoms with Crippen LogP contribution in [0.25, 0.3) is 0 Å². The number of thioether (sulfide) groups is 1. The van der Waals surface area contributed by atoms with E-state index in [9.17, 15) is 4.79 Å². The molecular weight excluding hydrogens is 152 g/mol. The highest BCUT2D eigenvalue weighted by Crippen LogP contribution is 1.98. The lowest BCUT2D eigenvalue weighted by atomic mass is 10.9. The monoisotopic (exact) mass is 162 g/mol. The maximum atomic E-state index is 10.2. The van der Waals surface area contributed by atoms with Crippen molar-refractivity contribution in [3.05, 3.63) is 0 Å². The van der Waals surface area contributed by atoms with Crippen LogP contribution in [-0.4, -0.2) is 34.6 Å². The molecule has 0 atom stereocenters. The van der Waals surface area contributed by atoms with Gasteiger partial charge in [-0.15, -0.1) is 11.8 Å². The fourth-order valence-corrected chi connectivity index (χ4v) is 0.499. The molecule has 1 amide bonds. The van der Waals surface area contributed by atoms with Gasteiger partial charge in [0.05, 0.1) is 5.04 Å². The molecule has 0 aliphatic rings. The Morgan fingerprint density at radius 1 is 1.70 bits per heavy atom. The zero-order chi connectivity index (χ0) is 8.15. The van der Waals surface area contributed by atoms with Gasteiger partial charge in [0.15, 0.2) is 0 Å². The lowest BCUT2D eigenvalue weighted by Gasteiger charge is -2.05. The number of hydrogen-bond acceptors (Lipinski definition) is 3. The minimum Gasteiger partial charge on any atom is -0.464 e. The van der Waals surface area contributed by atoms with Crippen molar-refractivity contribution in [2.45, 2.75) is 6.92 Å². The topological polar surface area (TPSA) is 52.9 Å². The molecule has 0 aromatic heterocycles. The summed E-state index contributed by atoms with van der Waals surface area (Å²) in [5.74, 6) is 0. The van der Waals surface area contributed by atoms with Crippen molar-refractivity contribution < 1.29 is 9.90 Å². The molecule has 0 aromatic carbocycles. The summed E-state index contributed by atoms with van der Waals surface area (Å²) >= 11 is 1.42. The molecular formula is C5H10N2O2S. The van der Waals surface area contributed by atoms with Crippen LogP contribution in [0.1, 0.15) is 6.92 Å². The fraction of sp³-hybridized carbons (Fsp3) is 0.600. The molecule has 1 N–H and O–H groups in total. The molecule has 0 radical (unpaired) electrons. The number of carbonyl (C=O) groups is 1. The summed E-state index contributed by atoms with van der Waals surface area (Å²) in [6.45, 7) is 1.75. The van der Waals surface area contributed by atoms with Gasteiger partial charge in [-0.3, -0.25) is 0 Å². The van der Waals surface area contributed by atoms with Crippen molar-refractivity contribution in [3.63, 3.8) is 0 Å². The first-order valence-electron chi connectivity index (χ1n) is 2.63. The van der Waals surface area contributed by atoms with Gasteiger partial charge in [-0.1, -0.05) is 0 Å². The average Bonchev–Trinajstić information content (AvgIpc) is 1.87. The zero-order valence-corrected chi connectivity index (χ0v) is 6.97. The van der Waals surface area contributed by atoms with Gasteiger partial charge in [0, 0.05) is 7.05 Å². The molecule has 0 bridgehead atoms. The van der Waals surface area contributed by atoms with Gasteiger partial charge < -0.3 is 5.11 Å². The second kappa shape index (κ2) is 4.16. The van der Waals surface area contributed by atoms with Crippen molar-refractivity contribution in [1.29, 1.82) is 0 Å². The third-order valence-electron chi connectivity index (χ3n) is 0.863. The van der Waals surface area contributed by atoms with Gasteiger partial charge in [0.1, 0.15) is 0 Å². The van der Waals surface area contributed by atoms with E-state index in [4.69, 9.17) is 5.11 Å². The molecule has 0 fully saturated rings. The highest BCUT2D eigenvalue weighted by molar-refractivity contribution is 8.13. The number of hydrogen-bond donors (Lipinski definition) is 1. The lowest BCUT2D eigenvalue weighted by Crippen LogP contribution is -2.19. The second-order valence-electron chi connectivity index (χ2n) is 1.63. The van der Waals surface area contributed by atoms with Crippen LogP contribution < -0.4 is 0 Å². The molecule has 0 unspecified atom stereocenters. The Balaban J connectivity index is 3.99. The Labute approximate surface area is 63.9 Å². The smallest absolute Gasteiger partial charge is 0.427 e. The molecule has 4 nitrogen and oxygen atoms in total. The minimum absolute atomic E-state index is 0.727. The van der Waals surface area contributed by atoms with Gasteiger partial charge in [0.2, 0.25) is 0 Å². The second-order valence-corrected chi connectivity index (χ2v) is 2.63. The molecule has 0 saturated carbocycles. The van der Waals surface area contributed by atoms with Crippen molar-refractivity contribution in [3.8, 4) is 0 Å². The van der Waals surface area contributed by atoms with Crippen molar-refractivity contribution in [2.24, 2.45) is 5.10 Å². The number of hydrazone groups is 1. The Hall–Kier alpha value is -0.710. The first-order chi connectivity index (χ1) is 4.57. The summed E-state index contributed by atoms with van der Waals surface area (Å²) in [6.07, 6.45) is 0.794. The Bertz CT molecular complexity index is 158. The van der Waals surface area contributed by atoms with Crippen LogP contribution in [0.5, 0.6) is 0 Å². The van der Waals surface area contributed by atoms with Crippen LogP contribution >= 0.6 is 11.8 Å². The maximum absolute atomic E-state index is 10.2. The summed E-state index contributed by atoms with van der Waals surface area (Å²) in [6, 6.07) is 0. The molecule has 0 aromatic rings. The van der Waals surface area contributed by atoms with E-state index < -0.39 is 6.09 Å². The Kier molecular flexibility index (Phi) is 3.87. The quantitative estimate of drug-likeness (QED) is 0.359. The summed E-state index contributed by atoms with van der Waals surface area (Å²) < 4.78 is 0. The Morgan fingerprint density at radius 3 is 2.50 bits per heavy atom. The third kappa shape index (κ3) is 3.34. The van der Waals surface area contributed by atoms with E-state index in [1.807, 2.05) is 6.26 Å². The van der Waals surface area contributed by atoms with Gasteiger partial charge in [-0.05, 0) is 13.2 Å². The van der Waals surface area contributed by atoms with Crippen LogP contribution in [0.15, 0.2) is 5.10 Å². The number of carboxylic acid groups (broad SMARTS) is 1. The molecule has 0 aliphatic heterocycles. The van der Waals surface area contributed by atoms with E-state index in [0.29, 0.717) is 0 Å². The number of rotatable bonds is 1. The Morgan fingerprint density at radius 2 is 2.20 bits per heavy atom. The molecule has 10 heavy (non-hydrogen) atoms. The molecule has 58 valence electrons. The molecule has 5 heteroatoms. The van der Waals surface area contributed by atoms with E-state index in [1.54, 1.807) is 6.92 Å². The van der Waals surface area contributed by atoms with Crippen LogP contribution in [0.3, 0.4) is 0 Å². The van der Waals surface area contributed by atoms with Gasteiger partial charge in [-0.2, -0.15) is 5.10 Å². The minimum atomic E-state index is -1.05. The normalized spacial score (nSPS) is 11.3. The largest absolute Gasteiger partial charge is 0.464 e. The van der Waals surface area contributed by atoms with E-state index in [2.05, 4.69) is 5.10 Å². The van der Waals surface area contributed by atoms with Gasteiger partial charge >= 0.3 is 6.09 Å². The lowest BCUT2D eigenvalue weighted by molar-refractivity contribution is 0.158. The van der Waals surface area contributed by atoms with Gasteiger partial charge in [0.25, 0.3) is 0 Å². The van der Waals surface area contributed by atoms with E-state index >= 15 is 0 Å². The third-order valence-corrected chi connectivity index (χ3v) is 1.54. The molecule has 0 heterocycles. The first kappa shape index (κ1) is 9.29. The van der Waals surface area contributed by atoms with E-state index in [0.717, 1.165) is 10.1 Å². The summed E-state index contributed by atoms with van der Waals surface area (Å²) in [4.78, 5) is 10.2. The predicted octanol–water partition coefficient (Wildman–Crippen LogP) is 1.29. The zero-order valence-electron chi connectivity index (χ0n) is 6.16. The van der Waals surface area contributed by atoms with Crippen LogP contribution in [0, 0.1) is 0 Å². The molecule has 0 rings (SSSR count). The van der Waals surface area contributed by atoms with Crippen molar-refractivity contribution in [2.75, 3.05) is 13.3 Å². The fourth-order valence-electron chi connectivity index (χ4n) is 0.295. The highest BCUT2D eigenvalue weighted by Gasteiger charge is 2.01. The van der Waals surface area contributed by atoms with Crippen LogP contribution in [0.2, 0.25) is 0 Å². The van der Waals surface area contributed by atoms with Crippen molar-refractivity contribution in [1.82, 2.24) is 5.01 Å². The molecule has 0 spiro atoms. The van der Waals surface area contributed by atoms with Crippen molar-refractivity contribution >= 4 is 22.9 Å². The predicted molar refractivity (Wildman–Crippen MR) is 42.4 cm³/mol. The molecule has 0 saturated heterocycles. The SMILES string of the molecule is CSC(C)=NN(C)C(=O)O. The average molecular weight is 162 g/mol. The number of amides is 1. The summed E-state index contributed by atoms with van der Waals surface area (Å²) in [5.41, 5.74) is 0. The van der Waals surface area contributed by atoms with Crippen LogP contribution in [0.4, 0.5) is 4.79 Å². The highest BCUT2D eigenvalue weighted by atomic mass is 32.2. The van der Waals surface area contributed by atoms with E-state index in [1.165, 1.54) is 18.8 Å². The van der Waals surface area contributed by atoms with E-state index in [-0.39, 0.29) is 0 Å². The van der Waals surface area contributed by atoms with Crippen LogP contribution in [-0.2, 0) is 0 Å². The number of nitrogens with zero attached hydrogens (tertiary/aromatic N) is 2. The summed E-state index contributed by atoms with van der Waals surface area (Å²) in [5, 5.41) is 13.7. The summed E-state index contributed by atoms with van der Waals surface area (Å²) in [7, 11) is 1.39. The maximum Gasteiger partial charge on any atom is 0.427 e. The first-order valence-corrected chi connectivity index (χ1v) is 3.86. The van der Waals surface area contributed by atoms with Gasteiger partial charge in [-0.25, -0.2) is 9.80 Å².